The molecule has 0 radical (unpaired) electrons. The molecule has 0 unspecified atom stereocenters. The van der Waals surface area contributed by atoms with Gasteiger partial charge in [0.15, 0.2) is 5.78 Å². The fraction of sp³-hybridized carbons (Fsp3) is 0.296. The van der Waals surface area contributed by atoms with Crippen LogP contribution in [0.15, 0.2) is 65.8 Å². The zero-order valence-corrected chi connectivity index (χ0v) is 22.2. The lowest BCUT2D eigenvalue weighted by molar-refractivity contribution is -0.114. The summed E-state index contributed by atoms with van der Waals surface area (Å²) in [4.78, 5) is 25.4. The van der Waals surface area contributed by atoms with Gasteiger partial charge in [0.05, 0.1) is 17.3 Å². The summed E-state index contributed by atoms with van der Waals surface area (Å²) in [7, 11) is 3.82. The molecule has 2 aromatic carbocycles. The Balaban J connectivity index is 1.44. The van der Waals surface area contributed by atoms with E-state index in [4.69, 9.17) is 4.74 Å². The third-order valence-corrected chi connectivity index (χ3v) is 6.68. The van der Waals surface area contributed by atoms with Crippen molar-refractivity contribution in [2.24, 2.45) is 0 Å². The predicted octanol–water partition coefficient (Wildman–Crippen LogP) is 4.65. The number of aromatic nitrogens is 2. The highest BCUT2D eigenvalue weighted by Gasteiger charge is 2.16. The quantitative estimate of drug-likeness (QED) is 0.353. The number of halogens is 1. The third kappa shape index (κ3) is 6.61. The standard InChI is InChI=1S/C27H31BrN6O2/c1-4-22(35)15-19-6-5-7-20(14-19)17-29-26-23(28)18-30-27(32-26)31-24-9-8-21(16-25(24)36-3)34-12-10-33(2)11-13-34/h4-9,14,16,18H,1,10-13,15,17H2,2-3H3,(H2,29,30,31,32). The molecule has 1 saturated heterocycles. The third-order valence-electron chi connectivity index (χ3n) is 6.10. The zero-order chi connectivity index (χ0) is 25.5. The monoisotopic (exact) mass is 550 g/mol. The van der Waals surface area contributed by atoms with Crippen LogP contribution < -0.4 is 20.3 Å². The zero-order valence-electron chi connectivity index (χ0n) is 20.6. The Kier molecular flexibility index (Phi) is 8.56. The maximum atomic E-state index is 11.7. The average Bonchev–Trinajstić information content (AvgIpc) is 2.89. The second-order valence-corrected chi connectivity index (χ2v) is 9.57. The Hall–Kier alpha value is -3.43. The summed E-state index contributed by atoms with van der Waals surface area (Å²) in [6, 6.07) is 14.1. The molecule has 0 spiro atoms. The van der Waals surface area contributed by atoms with Crippen molar-refractivity contribution >= 4 is 44.9 Å². The minimum atomic E-state index is 0.00126. The van der Waals surface area contributed by atoms with Gasteiger partial charge in [0, 0.05) is 57.1 Å². The summed E-state index contributed by atoms with van der Waals surface area (Å²) in [5.41, 5.74) is 3.94. The fourth-order valence-corrected chi connectivity index (χ4v) is 4.36. The molecule has 1 aromatic heterocycles. The van der Waals surface area contributed by atoms with E-state index < -0.39 is 0 Å². The number of benzene rings is 2. The van der Waals surface area contributed by atoms with E-state index in [1.807, 2.05) is 30.3 Å². The molecule has 1 aliphatic heterocycles. The van der Waals surface area contributed by atoms with Crippen LogP contribution in [0.1, 0.15) is 11.1 Å². The number of allylic oxidation sites excluding steroid dienone is 1. The molecular formula is C27H31BrN6O2. The molecule has 8 nitrogen and oxygen atoms in total. The Morgan fingerprint density at radius 2 is 1.94 bits per heavy atom. The number of ketones is 1. The maximum absolute atomic E-state index is 11.7. The summed E-state index contributed by atoms with van der Waals surface area (Å²) >= 11 is 3.53. The highest BCUT2D eigenvalue weighted by atomic mass is 79.9. The maximum Gasteiger partial charge on any atom is 0.229 e. The molecule has 1 fully saturated rings. The molecule has 0 amide bonds. The van der Waals surface area contributed by atoms with Crippen LogP contribution in [0.4, 0.5) is 23.1 Å². The highest BCUT2D eigenvalue weighted by Crippen LogP contribution is 2.32. The van der Waals surface area contributed by atoms with Crippen LogP contribution in [-0.2, 0) is 17.8 Å². The van der Waals surface area contributed by atoms with E-state index in [-0.39, 0.29) is 5.78 Å². The van der Waals surface area contributed by atoms with E-state index in [0.717, 1.165) is 58.9 Å². The largest absolute Gasteiger partial charge is 0.494 e. The van der Waals surface area contributed by atoms with Crippen molar-refractivity contribution in [3.05, 3.63) is 76.9 Å². The first-order valence-electron chi connectivity index (χ1n) is 11.8. The first-order valence-corrected chi connectivity index (χ1v) is 12.6. The molecule has 188 valence electrons. The summed E-state index contributed by atoms with van der Waals surface area (Å²) in [5.74, 6) is 1.85. The van der Waals surface area contributed by atoms with E-state index in [1.165, 1.54) is 6.08 Å². The second-order valence-electron chi connectivity index (χ2n) is 8.71. The number of nitrogens with zero attached hydrogens (tertiary/aromatic N) is 4. The van der Waals surface area contributed by atoms with Gasteiger partial charge in [-0.2, -0.15) is 4.98 Å². The SMILES string of the molecule is C=CC(=O)Cc1cccc(CNc2nc(Nc3ccc(N4CCN(C)CC4)cc3OC)ncc2Br)c1. The number of piperazine rings is 1. The van der Waals surface area contributed by atoms with Gasteiger partial charge in [-0.15, -0.1) is 0 Å². The number of carbonyl (C=O) groups excluding carboxylic acids is 1. The van der Waals surface area contributed by atoms with Gasteiger partial charge >= 0.3 is 0 Å². The van der Waals surface area contributed by atoms with Crippen molar-refractivity contribution in [1.29, 1.82) is 0 Å². The first kappa shape index (κ1) is 25.7. The number of ether oxygens (including phenoxy) is 1. The van der Waals surface area contributed by atoms with E-state index in [1.54, 1.807) is 13.3 Å². The molecule has 2 heterocycles. The second kappa shape index (κ2) is 12.0. The highest BCUT2D eigenvalue weighted by molar-refractivity contribution is 9.10. The van der Waals surface area contributed by atoms with E-state index in [2.05, 4.69) is 72.1 Å². The minimum Gasteiger partial charge on any atom is -0.494 e. The molecule has 0 saturated carbocycles. The lowest BCUT2D eigenvalue weighted by Crippen LogP contribution is -2.44. The number of likely N-dealkylation sites (N-methyl/N-ethyl adjacent to an activating group) is 1. The number of hydrogen-bond acceptors (Lipinski definition) is 8. The van der Waals surface area contributed by atoms with Gasteiger partial charge in [0.25, 0.3) is 0 Å². The average molecular weight is 551 g/mol. The number of carbonyl (C=O) groups is 1. The molecule has 3 aromatic rings. The molecule has 0 bridgehead atoms. The summed E-state index contributed by atoms with van der Waals surface area (Å²) in [6.07, 6.45) is 3.41. The van der Waals surface area contributed by atoms with Crippen molar-refractivity contribution in [2.45, 2.75) is 13.0 Å². The summed E-state index contributed by atoms with van der Waals surface area (Å²) in [6.45, 7) is 8.16. The number of rotatable bonds is 10. The molecule has 0 aliphatic carbocycles. The van der Waals surface area contributed by atoms with Crippen LogP contribution >= 0.6 is 15.9 Å². The van der Waals surface area contributed by atoms with Crippen LogP contribution in [0.5, 0.6) is 5.75 Å². The van der Waals surface area contributed by atoms with E-state index >= 15 is 0 Å². The number of nitrogens with one attached hydrogen (secondary N) is 2. The lowest BCUT2D eigenvalue weighted by atomic mass is 10.1. The fourth-order valence-electron chi connectivity index (χ4n) is 4.03. The number of anilines is 4. The van der Waals surface area contributed by atoms with Crippen LogP contribution in [0.2, 0.25) is 0 Å². The van der Waals surface area contributed by atoms with Crippen LogP contribution in [-0.4, -0.2) is 61.0 Å². The summed E-state index contributed by atoms with van der Waals surface area (Å²) in [5, 5.41) is 6.63. The van der Waals surface area contributed by atoms with Gasteiger partial charge in [0.2, 0.25) is 5.95 Å². The smallest absolute Gasteiger partial charge is 0.229 e. The van der Waals surface area contributed by atoms with Crippen molar-refractivity contribution in [3.63, 3.8) is 0 Å². The van der Waals surface area contributed by atoms with E-state index in [9.17, 15) is 4.79 Å². The van der Waals surface area contributed by atoms with Crippen LogP contribution in [0, 0.1) is 0 Å². The van der Waals surface area contributed by atoms with Gasteiger partial charge in [0.1, 0.15) is 11.6 Å². The van der Waals surface area contributed by atoms with Gasteiger partial charge in [-0.25, -0.2) is 4.98 Å². The lowest BCUT2D eigenvalue weighted by Gasteiger charge is -2.34. The van der Waals surface area contributed by atoms with E-state index in [0.29, 0.717) is 24.7 Å². The first-order chi connectivity index (χ1) is 17.4. The Morgan fingerprint density at radius 1 is 1.17 bits per heavy atom. The van der Waals surface area contributed by atoms with Crippen molar-refractivity contribution in [1.82, 2.24) is 14.9 Å². The minimum absolute atomic E-state index is 0.00126. The van der Waals surface area contributed by atoms with Crippen LogP contribution in [0.25, 0.3) is 0 Å². The van der Waals surface area contributed by atoms with Gasteiger partial charge in [-0.05, 0) is 52.3 Å². The molecule has 1 aliphatic rings. The van der Waals surface area contributed by atoms with Crippen molar-refractivity contribution < 1.29 is 9.53 Å². The topological polar surface area (TPSA) is 82.6 Å². The molecule has 36 heavy (non-hydrogen) atoms. The molecule has 9 heteroatoms. The Bertz CT molecular complexity index is 1230. The van der Waals surface area contributed by atoms with Gasteiger partial charge in [-0.1, -0.05) is 30.8 Å². The Labute approximate surface area is 220 Å². The van der Waals surface area contributed by atoms with Crippen LogP contribution in [0.3, 0.4) is 0 Å². The predicted molar refractivity (Wildman–Crippen MR) is 148 cm³/mol. The molecular weight excluding hydrogens is 520 g/mol. The van der Waals surface area contributed by atoms with Crippen molar-refractivity contribution in [2.75, 3.05) is 55.9 Å². The normalized spacial score (nSPS) is 13.8. The summed E-state index contributed by atoms with van der Waals surface area (Å²) < 4.78 is 6.42. The Morgan fingerprint density at radius 3 is 2.69 bits per heavy atom. The number of methoxy groups -OCH3 is 1. The van der Waals surface area contributed by atoms with Gasteiger partial charge < -0.3 is 25.2 Å². The molecule has 0 atom stereocenters. The molecule has 4 rings (SSSR count). The molecule has 2 N–H and O–H groups in total. The number of hydrogen-bond donors (Lipinski definition) is 2. The van der Waals surface area contributed by atoms with Gasteiger partial charge in [-0.3, -0.25) is 4.79 Å². The van der Waals surface area contributed by atoms with Crippen molar-refractivity contribution in [3.8, 4) is 5.75 Å².